The van der Waals surface area contributed by atoms with E-state index in [4.69, 9.17) is 13.9 Å². The first-order valence-corrected chi connectivity index (χ1v) is 14.9. The molecule has 1 aromatic rings. The Morgan fingerprint density at radius 2 is 1.97 bits per heavy atom. The fourth-order valence-electron chi connectivity index (χ4n) is 3.74. The van der Waals surface area contributed by atoms with Crippen LogP contribution in [0.1, 0.15) is 55.8 Å². The van der Waals surface area contributed by atoms with Gasteiger partial charge in [0.25, 0.3) is 0 Å². The molecule has 1 aromatic heterocycles. The third-order valence-corrected chi connectivity index (χ3v) is 7.49. The lowest BCUT2D eigenvalue weighted by atomic mass is 9.86. The number of ether oxygens (including phenoxy) is 2. The van der Waals surface area contributed by atoms with Crippen molar-refractivity contribution < 1.29 is 23.8 Å². The van der Waals surface area contributed by atoms with Gasteiger partial charge in [-0.05, 0) is 57.4 Å². The molecule has 0 saturated heterocycles. The maximum Gasteiger partial charge on any atom is 0.339 e. The highest BCUT2D eigenvalue weighted by atomic mass is 28.3. The van der Waals surface area contributed by atoms with Crippen LogP contribution in [0.15, 0.2) is 52.2 Å². The smallest absolute Gasteiger partial charge is 0.339 e. The van der Waals surface area contributed by atoms with Gasteiger partial charge in [0.2, 0.25) is 0 Å². The quantitative estimate of drug-likeness (QED) is 0.145. The van der Waals surface area contributed by atoms with Gasteiger partial charge in [-0.2, -0.15) is 0 Å². The first-order chi connectivity index (χ1) is 14.9. The van der Waals surface area contributed by atoms with Crippen molar-refractivity contribution in [2.75, 3.05) is 13.4 Å². The van der Waals surface area contributed by atoms with Crippen LogP contribution in [0.5, 0.6) is 0 Å². The fourth-order valence-corrected chi connectivity index (χ4v) is 4.50. The number of fused-ring (bicyclic) bond motifs is 2. The summed E-state index contributed by atoms with van der Waals surface area (Å²) in [5.41, 5.74) is 5.98. The highest BCUT2D eigenvalue weighted by Gasteiger charge is 2.32. The minimum Gasteiger partial charge on any atom is -0.477 e. The van der Waals surface area contributed by atoms with Gasteiger partial charge in [-0.15, -0.1) is 5.73 Å². The van der Waals surface area contributed by atoms with E-state index in [1.807, 2.05) is 26.8 Å². The number of hydrogen-bond donors (Lipinski definition) is 1. The summed E-state index contributed by atoms with van der Waals surface area (Å²) in [6.07, 6.45) is 2.25. The van der Waals surface area contributed by atoms with Crippen molar-refractivity contribution in [3.05, 3.63) is 64.8 Å². The number of rotatable bonds is 9. The Morgan fingerprint density at radius 1 is 1.28 bits per heavy atom. The molecule has 0 unspecified atom stereocenters. The molecule has 0 radical (unpaired) electrons. The molecule has 6 heteroatoms. The van der Waals surface area contributed by atoms with Gasteiger partial charge in [0, 0.05) is 20.6 Å². The lowest BCUT2D eigenvalue weighted by Crippen LogP contribution is -2.23. The molecule has 2 bridgehead atoms. The van der Waals surface area contributed by atoms with E-state index in [-0.39, 0.29) is 24.2 Å². The van der Waals surface area contributed by atoms with Crippen molar-refractivity contribution in [2.45, 2.75) is 71.3 Å². The van der Waals surface area contributed by atoms with E-state index in [9.17, 15) is 9.90 Å². The number of allylic oxidation sites excluding steroid dienone is 1. The zero-order valence-corrected chi connectivity index (χ0v) is 21.4. The van der Waals surface area contributed by atoms with Crippen molar-refractivity contribution in [1.82, 2.24) is 0 Å². The lowest BCUT2D eigenvalue weighted by Gasteiger charge is -2.27. The van der Waals surface area contributed by atoms with Crippen LogP contribution < -0.4 is 0 Å². The van der Waals surface area contributed by atoms with Crippen molar-refractivity contribution in [3.63, 3.8) is 0 Å². The Bertz CT molecular complexity index is 911. The summed E-state index contributed by atoms with van der Waals surface area (Å²) in [5.74, 6) is 0.0970. The molecule has 5 nitrogen and oxygen atoms in total. The SMILES string of the molecule is C=C(C)[C@H]1C=C=C(C(=O)O)CC[C@@H](C(=C)C)[C@@H](OCOCC[Si](C)(C)C)c2oc1cc2C. The number of aliphatic carboxylic acids is 1. The molecule has 1 aliphatic heterocycles. The van der Waals surface area contributed by atoms with E-state index < -0.39 is 20.1 Å². The van der Waals surface area contributed by atoms with Gasteiger partial charge in [-0.3, -0.25) is 0 Å². The van der Waals surface area contributed by atoms with Crippen LogP contribution in [0, 0.1) is 12.8 Å². The topological polar surface area (TPSA) is 68.9 Å². The summed E-state index contributed by atoms with van der Waals surface area (Å²) in [6.45, 7) is 21.8. The predicted molar refractivity (Wildman–Crippen MR) is 131 cm³/mol. The predicted octanol–water partition coefficient (Wildman–Crippen LogP) is 6.77. The molecule has 0 saturated carbocycles. The van der Waals surface area contributed by atoms with E-state index in [1.54, 1.807) is 6.08 Å². The summed E-state index contributed by atoms with van der Waals surface area (Å²) in [5, 5.41) is 9.68. The average molecular weight is 459 g/mol. The van der Waals surface area contributed by atoms with E-state index in [2.05, 4.69) is 38.5 Å². The third-order valence-electron chi connectivity index (χ3n) is 5.78. The van der Waals surface area contributed by atoms with Gasteiger partial charge in [-0.1, -0.05) is 43.9 Å². The number of aryl methyl sites for hydroxylation is 1. The lowest BCUT2D eigenvalue weighted by molar-refractivity contribution is -0.133. The fraction of sp³-hybridized carbons (Fsp3) is 0.538. The largest absolute Gasteiger partial charge is 0.477 e. The summed E-state index contributed by atoms with van der Waals surface area (Å²) in [7, 11) is -1.19. The molecule has 0 fully saturated rings. The van der Waals surface area contributed by atoms with Crippen molar-refractivity contribution in [1.29, 1.82) is 0 Å². The van der Waals surface area contributed by atoms with Gasteiger partial charge in [-0.25, -0.2) is 4.79 Å². The van der Waals surface area contributed by atoms with E-state index in [1.165, 1.54) is 0 Å². The van der Waals surface area contributed by atoms with Gasteiger partial charge in [0.15, 0.2) is 0 Å². The molecule has 176 valence electrons. The maximum atomic E-state index is 11.8. The molecule has 32 heavy (non-hydrogen) atoms. The van der Waals surface area contributed by atoms with Crippen LogP contribution in [0.4, 0.5) is 0 Å². The van der Waals surface area contributed by atoms with Crippen molar-refractivity contribution in [2.24, 2.45) is 5.92 Å². The van der Waals surface area contributed by atoms with Crippen LogP contribution in [-0.2, 0) is 14.3 Å². The van der Waals surface area contributed by atoms with Crippen LogP contribution in [0.3, 0.4) is 0 Å². The third kappa shape index (κ3) is 7.21. The zero-order chi connectivity index (χ0) is 24.1. The summed E-state index contributed by atoms with van der Waals surface area (Å²) < 4.78 is 18.4. The van der Waals surface area contributed by atoms with E-state index >= 15 is 0 Å². The number of carboxylic acids is 1. The average Bonchev–Trinajstić information content (AvgIpc) is 3.01. The molecule has 2 heterocycles. The van der Waals surface area contributed by atoms with Crippen LogP contribution in [0.25, 0.3) is 0 Å². The first kappa shape index (κ1) is 26.1. The van der Waals surface area contributed by atoms with Gasteiger partial charge in [0.1, 0.15) is 24.4 Å². The Balaban J connectivity index is 2.41. The molecule has 1 N–H and O–H groups in total. The van der Waals surface area contributed by atoms with Gasteiger partial charge < -0.3 is 19.0 Å². The van der Waals surface area contributed by atoms with Crippen molar-refractivity contribution >= 4 is 14.0 Å². The molecule has 0 aromatic carbocycles. The standard InChI is InChI=1S/C26H38O5Si/c1-17(2)21-11-9-20(26(27)28)10-12-22(18(3)4)25(24-19(5)15-23(21)31-24)30-16-29-13-14-32(6,7)8/h11,15,21-22,25H,1,3,10,12-14,16H2,2,4-8H3,(H,27,28)/t9?,21-,22+,25-/m1/s1. The monoisotopic (exact) mass is 458 g/mol. The minimum atomic E-state index is -1.19. The molecular weight excluding hydrogens is 420 g/mol. The molecule has 0 spiro atoms. The van der Waals surface area contributed by atoms with Crippen LogP contribution in [0.2, 0.25) is 25.7 Å². The highest BCUT2D eigenvalue weighted by molar-refractivity contribution is 6.76. The molecule has 2 rings (SSSR count). The number of carboxylic acid groups (broad SMARTS) is 1. The first-order valence-electron chi connectivity index (χ1n) is 11.2. The normalized spacial score (nSPS) is 21.6. The second-order valence-electron chi connectivity index (χ2n) is 10.0. The maximum absolute atomic E-state index is 11.8. The van der Waals surface area contributed by atoms with Crippen molar-refractivity contribution in [3.8, 4) is 0 Å². The molecule has 1 aliphatic rings. The van der Waals surface area contributed by atoms with Crippen LogP contribution in [-0.4, -0.2) is 32.5 Å². The highest BCUT2D eigenvalue weighted by Crippen LogP contribution is 2.40. The number of furan rings is 1. The molecule has 0 aliphatic carbocycles. The van der Waals surface area contributed by atoms with E-state index in [0.29, 0.717) is 25.2 Å². The summed E-state index contributed by atoms with van der Waals surface area (Å²) >= 11 is 0. The van der Waals surface area contributed by atoms with Gasteiger partial charge >= 0.3 is 5.97 Å². The molecule has 0 amide bonds. The molecular formula is C26H38O5Si. The summed E-state index contributed by atoms with van der Waals surface area (Å²) in [6, 6.07) is 3.04. The second kappa shape index (κ2) is 11.1. The zero-order valence-electron chi connectivity index (χ0n) is 20.4. The van der Waals surface area contributed by atoms with Gasteiger partial charge in [0.05, 0.1) is 11.5 Å². The number of carbonyl (C=O) groups is 1. The number of hydrogen-bond acceptors (Lipinski definition) is 4. The Morgan fingerprint density at radius 3 is 2.53 bits per heavy atom. The summed E-state index contributed by atoms with van der Waals surface area (Å²) in [4.78, 5) is 11.8. The Hall–Kier alpha value is -2.11. The minimum absolute atomic E-state index is 0.120. The van der Waals surface area contributed by atoms with E-state index in [0.717, 1.165) is 28.5 Å². The Kier molecular flexibility index (Phi) is 9.11. The Labute approximate surface area is 193 Å². The van der Waals surface area contributed by atoms with Crippen LogP contribution >= 0.6 is 0 Å². The second-order valence-corrected chi connectivity index (χ2v) is 15.7. The molecule has 3 atom stereocenters.